The summed E-state index contributed by atoms with van der Waals surface area (Å²) in [7, 11) is -2.22. The average molecular weight is 396 g/mol. The number of alkyl halides is 6. The van der Waals surface area contributed by atoms with Gasteiger partial charge in [0, 0.05) is 4.90 Å². The highest BCUT2D eigenvalue weighted by atomic mass is 32.2. The fourth-order valence-corrected chi connectivity index (χ4v) is 3.54. The SMILES string of the molecule is Cc1ccc(S(=O)CC(O)(c2ccc(C(F)(F)F)cc2)C(F)(F)F)cc1. The van der Waals surface area contributed by atoms with Crippen molar-refractivity contribution >= 4 is 10.8 Å². The summed E-state index contributed by atoms with van der Waals surface area (Å²) in [5.74, 6) is -1.23. The minimum Gasteiger partial charge on any atom is -0.376 e. The molecule has 2 atom stereocenters. The molecule has 0 spiro atoms. The summed E-state index contributed by atoms with van der Waals surface area (Å²) in [6, 6.07) is 7.83. The first-order chi connectivity index (χ1) is 11.8. The van der Waals surface area contributed by atoms with Crippen LogP contribution < -0.4 is 0 Å². The molecule has 2 aromatic carbocycles. The van der Waals surface area contributed by atoms with Crippen LogP contribution in [0.3, 0.4) is 0 Å². The Kier molecular flexibility index (Phi) is 5.53. The van der Waals surface area contributed by atoms with Crippen molar-refractivity contribution in [2.24, 2.45) is 0 Å². The first-order valence-electron chi connectivity index (χ1n) is 7.26. The zero-order valence-electron chi connectivity index (χ0n) is 13.4. The van der Waals surface area contributed by atoms with Gasteiger partial charge in [-0.05, 0) is 36.8 Å². The predicted octanol–water partition coefficient (Wildman–Crippen LogP) is 4.57. The van der Waals surface area contributed by atoms with Crippen molar-refractivity contribution in [3.63, 3.8) is 0 Å². The van der Waals surface area contributed by atoms with Gasteiger partial charge in [-0.25, -0.2) is 0 Å². The molecule has 2 unspecified atom stereocenters. The van der Waals surface area contributed by atoms with Crippen LogP contribution in [0.4, 0.5) is 26.3 Å². The molecule has 2 nitrogen and oxygen atoms in total. The van der Waals surface area contributed by atoms with Gasteiger partial charge in [0.25, 0.3) is 0 Å². The molecule has 0 fully saturated rings. The van der Waals surface area contributed by atoms with Crippen molar-refractivity contribution in [2.45, 2.75) is 29.8 Å². The summed E-state index contributed by atoms with van der Waals surface area (Å²) in [4.78, 5) is 0.0742. The number of hydrogen-bond donors (Lipinski definition) is 1. The smallest absolute Gasteiger partial charge is 0.376 e. The van der Waals surface area contributed by atoms with E-state index in [1.54, 1.807) is 19.1 Å². The normalized spacial score (nSPS) is 16.2. The van der Waals surface area contributed by atoms with Crippen LogP contribution in [0.1, 0.15) is 16.7 Å². The molecule has 0 aliphatic rings. The molecule has 0 aromatic heterocycles. The zero-order valence-corrected chi connectivity index (χ0v) is 14.2. The fraction of sp³-hybridized carbons (Fsp3) is 0.294. The molecule has 0 radical (unpaired) electrons. The maximum Gasteiger partial charge on any atom is 0.422 e. The maximum absolute atomic E-state index is 13.5. The lowest BCUT2D eigenvalue weighted by atomic mass is 9.94. The Labute approximate surface area is 147 Å². The van der Waals surface area contributed by atoms with Gasteiger partial charge in [0.15, 0.2) is 5.60 Å². The summed E-state index contributed by atoms with van der Waals surface area (Å²) >= 11 is 0. The van der Waals surface area contributed by atoms with Gasteiger partial charge in [-0.1, -0.05) is 29.8 Å². The lowest BCUT2D eigenvalue weighted by molar-refractivity contribution is -0.256. The molecular formula is C17H14F6O2S. The Morgan fingerprint density at radius 3 is 1.73 bits per heavy atom. The summed E-state index contributed by atoms with van der Waals surface area (Å²) < 4.78 is 90.4. The molecule has 0 bridgehead atoms. The molecule has 142 valence electrons. The van der Waals surface area contributed by atoms with Crippen molar-refractivity contribution in [2.75, 3.05) is 5.75 Å². The zero-order chi connectivity index (χ0) is 19.8. The number of aryl methyl sites for hydroxylation is 1. The molecule has 0 aliphatic heterocycles. The second-order valence-corrected chi connectivity index (χ2v) is 7.19. The number of halogens is 6. The predicted molar refractivity (Wildman–Crippen MR) is 83.9 cm³/mol. The second kappa shape index (κ2) is 7.03. The van der Waals surface area contributed by atoms with Crippen molar-refractivity contribution in [1.29, 1.82) is 0 Å². The van der Waals surface area contributed by atoms with Gasteiger partial charge in [-0.15, -0.1) is 0 Å². The average Bonchev–Trinajstić information content (AvgIpc) is 2.53. The van der Waals surface area contributed by atoms with Gasteiger partial charge >= 0.3 is 12.4 Å². The topological polar surface area (TPSA) is 37.3 Å². The van der Waals surface area contributed by atoms with E-state index in [0.717, 1.165) is 5.56 Å². The highest BCUT2D eigenvalue weighted by molar-refractivity contribution is 7.85. The summed E-state index contributed by atoms with van der Waals surface area (Å²) in [6.45, 7) is 1.74. The van der Waals surface area contributed by atoms with E-state index in [0.29, 0.717) is 24.3 Å². The van der Waals surface area contributed by atoms with Gasteiger partial charge in [0.05, 0.1) is 22.1 Å². The van der Waals surface area contributed by atoms with E-state index in [2.05, 4.69) is 0 Å². The van der Waals surface area contributed by atoms with Gasteiger partial charge in [0.2, 0.25) is 0 Å². The van der Waals surface area contributed by atoms with E-state index in [1.807, 2.05) is 0 Å². The monoisotopic (exact) mass is 396 g/mol. The van der Waals surface area contributed by atoms with Crippen molar-refractivity contribution < 1.29 is 35.7 Å². The van der Waals surface area contributed by atoms with Gasteiger partial charge in [-0.2, -0.15) is 26.3 Å². The summed E-state index contributed by atoms with van der Waals surface area (Å²) in [5, 5.41) is 10.2. The highest BCUT2D eigenvalue weighted by Crippen LogP contribution is 2.41. The van der Waals surface area contributed by atoms with E-state index in [9.17, 15) is 35.7 Å². The number of benzene rings is 2. The Morgan fingerprint density at radius 2 is 1.31 bits per heavy atom. The first kappa shape index (κ1) is 20.4. The maximum atomic E-state index is 13.5. The van der Waals surface area contributed by atoms with Crippen LogP contribution in [0.25, 0.3) is 0 Å². The molecule has 9 heteroatoms. The van der Waals surface area contributed by atoms with E-state index >= 15 is 0 Å². The quantitative estimate of drug-likeness (QED) is 0.769. The minimum atomic E-state index is -5.23. The van der Waals surface area contributed by atoms with Gasteiger partial charge in [0.1, 0.15) is 0 Å². The van der Waals surface area contributed by atoms with Gasteiger partial charge < -0.3 is 5.11 Å². The molecule has 2 rings (SSSR count). The third-order valence-corrected chi connectivity index (χ3v) is 5.26. The van der Waals surface area contributed by atoms with Crippen molar-refractivity contribution in [1.82, 2.24) is 0 Å². The molecule has 0 aliphatic carbocycles. The molecule has 26 heavy (non-hydrogen) atoms. The first-order valence-corrected chi connectivity index (χ1v) is 8.58. The lowest BCUT2D eigenvalue weighted by Crippen LogP contribution is -2.46. The molecule has 0 saturated carbocycles. The molecule has 2 aromatic rings. The fourth-order valence-electron chi connectivity index (χ4n) is 2.23. The third-order valence-electron chi connectivity index (χ3n) is 3.78. The van der Waals surface area contributed by atoms with Crippen LogP contribution in [0, 0.1) is 6.92 Å². The lowest BCUT2D eigenvalue weighted by Gasteiger charge is -2.30. The van der Waals surface area contributed by atoms with Crippen LogP contribution in [0.2, 0.25) is 0 Å². The van der Waals surface area contributed by atoms with E-state index in [4.69, 9.17) is 0 Å². The largest absolute Gasteiger partial charge is 0.422 e. The van der Waals surface area contributed by atoms with E-state index < -0.39 is 45.6 Å². The minimum absolute atomic E-state index is 0.0742. The standard InChI is InChI=1S/C17H14F6O2S/c1-11-2-8-14(9-3-11)26(25)10-15(24,17(21,22)23)12-4-6-13(7-5-12)16(18,19)20/h2-9,24H,10H2,1H3. The van der Waals surface area contributed by atoms with Crippen molar-refractivity contribution in [3.05, 3.63) is 65.2 Å². The molecule has 0 heterocycles. The Hall–Kier alpha value is -1.87. The van der Waals surface area contributed by atoms with Crippen LogP contribution in [0.5, 0.6) is 0 Å². The highest BCUT2D eigenvalue weighted by Gasteiger charge is 2.56. The van der Waals surface area contributed by atoms with E-state index in [1.165, 1.54) is 12.1 Å². The number of rotatable bonds is 4. The second-order valence-electron chi connectivity index (χ2n) is 5.74. The third kappa shape index (κ3) is 4.27. The van der Waals surface area contributed by atoms with Crippen LogP contribution >= 0.6 is 0 Å². The van der Waals surface area contributed by atoms with Crippen molar-refractivity contribution in [3.8, 4) is 0 Å². The Balaban J connectivity index is 2.39. The summed E-state index contributed by atoms with van der Waals surface area (Å²) in [6.07, 6.45) is -9.95. The molecule has 0 amide bonds. The number of aliphatic hydroxyl groups is 1. The van der Waals surface area contributed by atoms with Crippen LogP contribution in [-0.2, 0) is 22.6 Å². The van der Waals surface area contributed by atoms with Crippen LogP contribution in [0.15, 0.2) is 53.4 Å². The molecule has 0 saturated heterocycles. The van der Waals surface area contributed by atoms with Gasteiger partial charge in [-0.3, -0.25) is 4.21 Å². The number of hydrogen-bond acceptors (Lipinski definition) is 2. The Morgan fingerprint density at radius 1 is 0.846 bits per heavy atom. The van der Waals surface area contributed by atoms with Crippen LogP contribution in [-0.4, -0.2) is 21.2 Å². The molecule has 1 N–H and O–H groups in total. The molecular weight excluding hydrogens is 382 g/mol. The Bertz CT molecular complexity index is 781. The summed E-state index contributed by atoms with van der Waals surface area (Å²) in [5.41, 5.74) is -4.70. The van der Waals surface area contributed by atoms with E-state index in [-0.39, 0.29) is 4.90 Å².